The van der Waals surface area contributed by atoms with Gasteiger partial charge in [0.05, 0.1) is 17.8 Å². The lowest BCUT2D eigenvalue weighted by Gasteiger charge is -2.28. The van der Waals surface area contributed by atoms with Gasteiger partial charge in [0.2, 0.25) is 0 Å². The number of nitrogens with one attached hydrogen (secondary N) is 2. The maximum Gasteiger partial charge on any atom is 0.174 e. The highest BCUT2D eigenvalue weighted by Gasteiger charge is 2.41. The summed E-state index contributed by atoms with van der Waals surface area (Å²) in [6, 6.07) is 16.5. The minimum atomic E-state index is -0.0127. The zero-order valence-corrected chi connectivity index (χ0v) is 16.9. The third-order valence-corrected chi connectivity index (χ3v) is 5.55. The monoisotopic (exact) mass is 426 g/mol. The van der Waals surface area contributed by atoms with Crippen LogP contribution in [0.1, 0.15) is 34.7 Å². The number of aromatic nitrogens is 2. The van der Waals surface area contributed by atoms with Gasteiger partial charge in [0.25, 0.3) is 0 Å². The number of benzene rings is 1. The molecule has 1 aliphatic rings. The van der Waals surface area contributed by atoms with Crippen molar-refractivity contribution < 1.29 is 0 Å². The van der Waals surface area contributed by atoms with Crippen molar-refractivity contribution in [2.24, 2.45) is 0 Å². The summed E-state index contributed by atoms with van der Waals surface area (Å²) >= 11 is 9.24. The number of hydrogen-bond donors (Lipinski definition) is 2. The SMILES string of the molecule is Cc1cc([C@@H]2[C@@H](c3ccccn3)NC(=S)N2c2ccc(Br)cc2)c(C)[nH]1. The summed E-state index contributed by atoms with van der Waals surface area (Å²) in [6.07, 6.45) is 1.83. The first-order valence-corrected chi connectivity index (χ1v) is 9.67. The van der Waals surface area contributed by atoms with Crippen molar-refractivity contribution in [2.45, 2.75) is 25.9 Å². The predicted molar refractivity (Wildman–Crippen MR) is 112 cm³/mol. The molecule has 3 aromatic rings. The second-order valence-corrected chi connectivity index (χ2v) is 7.81. The number of thiocarbonyl (C=S) groups is 1. The van der Waals surface area contributed by atoms with Crippen molar-refractivity contribution in [3.8, 4) is 0 Å². The van der Waals surface area contributed by atoms with Crippen LogP contribution in [0.25, 0.3) is 0 Å². The van der Waals surface area contributed by atoms with Gasteiger partial charge < -0.3 is 15.2 Å². The quantitative estimate of drug-likeness (QED) is 0.580. The molecule has 0 saturated carbocycles. The van der Waals surface area contributed by atoms with Gasteiger partial charge in [0.1, 0.15) is 0 Å². The predicted octanol–water partition coefficient (Wildman–Crippen LogP) is 4.97. The van der Waals surface area contributed by atoms with E-state index in [0.29, 0.717) is 5.11 Å². The minimum absolute atomic E-state index is 0.0127. The van der Waals surface area contributed by atoms with E-state index in [0.717, 1.165) is 27.2 Å². The maximum atomic E-state index is 5.72. The van der Waals surface area contributed by atoms with Crippen LogP contribution in [0.15, 0.2) is 59.2 Å². The smallest absolute Gasteiger partial charge is 0.174 e. The normalized spacial score (nSPS) is 19.7. The Morgan fingerprint density at radius 1 is 1.12 bits per heavy atom. The molecule has 2 atom stereocenters. The van der Waals surface area contributed by atoms with Crippen LogP contribution in [0.2, 0.25) is 0 Å². The highest BCUT2D eigenvalue weighted by molar-refractivity contribution is 9.10. The average molecular weight is 427 g/mol. The fourth-order valence-corrected chi connectivity index (χ4v) is 4.21. The zero-order valence-electron chi connectivity index (χ0n) is 14.5. The molecule has 1 fully saturated rings. The molecule has 132 valence electrons. The number of aryl methyl sites for hydroxylation is 2. The topological polar surface area (TPSA) is 44.0 Å². The lowest BCUT2D eigenvalue weighted by atomic mass is 9.96. The highest BCUT2D eigenvalue weighted by Crippen LogP contribution is 2.42. The van der Waals surface area contributed by atoms with Crippen LogP contribution in [-0.2, 0) is 0 Å². The van der Waals surface area contributed by atoms with Crippen molar-refractivity contribution in [1.29, 1.82) is 0 Å². The largest absolute Gasteiger partial charge is 0.362 e. The van der Waals surface area contributed by atoms with E-state index in [4.69, 9.17) is 12.2 Å². The molecule has 0 aliphatic carbocycles. The van der Waals surface area contributed by atoms with Crippen molar-refractivity contribution in [3.05, 3.63) is 81.8 Å². The van der Waals surface area contributed by atoms with Gasteiger partial charge in [-0.3, -0.25) is 4.98 Å². The molecule has 0 radical (unpaired) electrons. The van der Waals surface area contributed by atoms with Crippen molar-refractivity contribution in [1.82, 2.24) is 15.3 Å². The molecule has 2 aromatic heterocycles. The summed E-state index contributed by atoms with van der Waals surface area (Å²) in [7, 11) is 0. The summed E-state index contributed by atoms with van der Waals surface area (Å²) < 4.78 is 1.05. The van der Waals surface area contributed by atoms with Gasteiger partial charge in [-0.05, 0) is 74.1 Å². The molecule has 2 N–H and O–H groups in total. The molecule has 0 unspecified atom stereocenters. The highest BCUT2D eigenvalue weighted by atomic mass is 79.9. The Balaban J connectivity index is 1.85. The number of halogens is 1. The van der Waals surface area contributed by atoms with Gasteiger partial charge in [-0.15, -0.1) is 0 Å². The summed E-state index contributed by atoms with van der Waals surface area (Å²) in [5.74, 6) is 0. The summed E-state index contributed by atoms with van der Waals surface area (Å²) in [5.41, 5.74) is 5.58. The van der Waals surface area contributed by atoms with Gasteiger partial charge in [-0.25, -0.2) is 0 Å². The van der Waals surface area contributed by atoms with Crippen molar-refractivity contribution >= 4 is 38.9 Å². The number of rotatable bonds is 3. The first-order valence-electron chi connectivity index (χ1n) is 8.47. The van der Waals surface area contributed by atoms with E-state index in [2.05, 4.69) is 68.2 Å². The number of hydrogen-bond acceptors (Lipinski definition) is 2. The Morgan fingerprint density at radius 2 is 1.88 bits per heavy atom. The fourth-order valence-electron chi connectivity index (χ4n) is 3.60. The number of anilines is 1. The lowest BCUT2D eigenvalue weighted by Crippen LogP contribution is -2.29. The van der Waals surface area contributed by atoms with E-state index in [-0.39, 0.29) is 12.1 Å². The Labute approximate surface area is 166 Å². The number of aromatic amines is 1. The fraction of sp³-hybridized carbons (Fsp3) is 0.200. The average Bonchev–Trinajstić information content (AvgIpc) is 3.15. The molecule has 4 nitrogen and oxygen atoms in total. The van der Waals surface area contributed by atoms with E-state index < -0.39 is 0 Å². The van der Waals surface area contributed by atoms with Crippen molar-refractivity contribution in [2.75, 3.05) is 4.90 Å². The number of nitrogens with zero attached hydrogens (tertiary/aromatic N) is 2. The molecule has 1 aliphatic heterocycles. The van der Waals surface area contributed by atoms with E-state index in [1.165, 1.54) is 5.56 Å². The van der Waals surface area contributed by atoms with Gasteiger partial charge in [-0.1, -0.05) is 22.0 Å². The Hall–Kier alpha value is -2.18. The second-order valence-electron chi connectivity index (χ2n) is 6.51. The van der Waals surface area contributed by atoms with Crippen LogP contribution in [0.4, 0.5) is 5.69 Å². The Kier molecular flexibility index (Phi) is 4.54. The summed E-state index contributed by atoms with van der Waals surface area (Å²) in [6.45, 7) is 4.19. The molecule has 1 aromatic carbocycles. The maximum absolute atomic E-state index is 5.72. The molecule has 0 bridgehead atoms. The van der Waals surface area contributed by atoms with E-state index in [9.17, 15) is 0 Å². The molecule has 4 rings (SSSR count). The molecule has 0 spiro atoms. The van der Waals surface area contributed by atoms with Crippen LogP contribution in [0, 0.1) is 13.8 Å². The molecule has 26 heavy (non-hydrogen) atoms. The van der Waals surface area contributed by atoms with Crippen LogP contribution < -0.4 is 10.2 Å². The first-order chi connectivity index (χ1) is 12.5. The summed E-state index contributed by atoms with van der Waals surface area (Å²) in [5, 5.41) is 4.20. The van der Waals surface area contributed by atoms with E-state index >= 15 is 0 Å². The standard InChI is InChI=1S/C20H19BrN4S/c1-12-11-16(13(2)23-12)19-18(17-5-3-4-10-22-17)24-20(26)25(19)15-8-6-14(21)7-9-15/h3-11,18-19,23H,1-2H3,(H,24,26)/t18-,19-/m1/s1. The lowest BCUT2D eigenvalue weighted by molar-refractivity contribution is 0.566. The molecule has 1 saturated heterocycles. The first kappa shape index (κ1) is 17.2. The second kappa shape index (κ2) is 6.85. The van der Waals surface area contributed by atoms with Gasteiger partial charge in [0.15, 0.2) is 5.11 Å². The van der Waals surface area contributed by atoms with Crippen LogP contribution in [0.3, 0.4) is 0 Å². The van der Waals surface area contributed by atoms with Gasteiger partial charge in [-0.2, -0.15) is 0 Å². The molecule has 6 heteroatoms. The van der Waals surface area contributed by atoms with E-state index in [1.807, 2.05) is 36.5 Å². The number of H-pyrrole nitrogens is 1. The van der Waals surface area contributed by atoms with Gasteiger partial charge in [0, 0.05) is 27.7 Å². The Morgan fingerprint density at radius 3 is 2.50 bits per heavy atom. The molecule has 3 heterocycles. The van der Waals surface area contributed by atoms with Crippen LogP contribution >= 0.6 is 28.1 Å². The van der Waals surface area contributed by atoms with Crippen LogP contribution in [0.5, 0.6) is 0 Å². The molecular weight excluding hydrogens is 408 g/mol. The Bertz CT molecular complexity index is 936. The third kappa shape index (κ3) is 3.04. The van der Waals surface area contributed by atoms with Gasteiger partial charge >= 0.3 is 0 Å². The van der Waals surface area contributed by atoms with Crippen LogP contribution in [-0.4, -0.2) is 15.1 Å². The minimum Gasteiger partial charge on any atom is -0.362 e. The molecular formula is C20H19BrN4S. The van der Waals surface area contributed by atoms with E-state index in [1.54, 1.807) is 0 Å². The summed E-state index contributed by atoms with van der Waals surface area (Å²) in [4.78, 5) is 10.2. The third-order valence-electron chi connectivity index (χ3n) is 4.71. The zero-order chi connectivity index (χ0) is 18.3. The number of pyridine rings is 1. The van der Waals surface area contributed by atoms with Crippen molar-refractivity contribution in [3.63, 3.8) is 0 Å². The molecule has 0 amide bonds.